The molecule has 0 N–H and O–H groups in total. The fraction of sp³-hybridized carbons (Fsp3) is 0.562. The Balaban J connectivity index is 2.67. The highest BCUT2D eigenvalue weighted by molar-refractivity contribution is 5.51. The van der Waals surface area contributed by atoms with Crippen molar-refractivity contribution in [3.8, 4) is 6.07 Å². The number of rotatable bonds is 8. The molecule has 0 aromatic heterocycles. The van der Waals surface area contributed by atoms with E-state index in [1.807, 2.05) is 13.0 Å². The first-order chi connectivity index (χ1) is 9.64. The van der Waals surface area contributed by atoms with E-state index in [-0.39, 0.29) is 5.82 Å². The Morgan fingerprint density at radius 1 is 1.05 bits per heavy atom. The van der Waals surface area contributed by atoms with Crippen LogP contribution in [0.25, 0.3) is 0 Å². The van der Waals surface area contributed by atoms with E-state index in [1.54, 1.807) is 6.07 Å². The molecule has 0 bridgehead atoms. The van der Waals surface area contributed by atoms with Gasteiger partial charge in [-0.2, -0.15) is 5.26 Å². The fourth-order valence-electron chi connectivity index (χ4n) is 2.32. The second-order valence-electron chi connectivity index (χ2n) is 4.77. The molecule has 0 aliphatic carbocycles. The van der Waals surface area contributed by atoms with Gasteiger partial charge in [-0.15, -0.1) is 0 Å². The van der Waals surface area contributed by atoms with Crippen LogP contribution in [0.1, 0.15) is 32.8 Å². The quantitative estimate of drug-likeness (QED) is 0.730. The highest BCUT2D eigenvalue weighted by Gasteiger charge is 2.08. The van der Waals surface area contributed by atoms with E-state index in [0.29, 0.717) is 5.56 Å². The second kappa shape index (κ2) is 8.55. The predicted octanol–water partition coefficient (Wildman–Crippen LogP) is 3.26. The third-order valence-electron chi connectivity index (χ3n) is 3.56. The molecule has 0 atom stereocenters. The highest BCUT2D eigenvalue weighted by Crippen LogP contribution is 2.18. The van der Waals surface area contributed by atoms with Gasteiger partial charge in [-0.25, -0.2) is 4.39 Å². The van der Waals surface area contributed by atoms with Gasteiger partial charge in [-0.1, -0.05) is 13.8 Å². The van der Waals surface area contributed by atoms with Crippen molar-refractivity contribution >= 4 is 5.69 Å². The van der Waals surface area contributed by atoms with Crippen molar-refractivity contribution in [3.63, 3.8) is 0 Å². The standard InChI is InChI=1S/C16H24FN3/c1-4-19(5-2)8-7-9-20(6-3)16-11-14(13-18)10-15(17)12-16/h10-12H,4-9H2,1-3H3. The fourth-order valence-corrected chi connectivity index (χ4v) is 2.32. The Morgan fingerprint density at radius 2 is 1.75 bits per heavy atom. The van der Waals surface area contributed by atoms with Crippen LogP contribution in [0.2, 0.25) is 0 Å². The molecule has 20 heavy (non-hydrogen) atoms. The lowest BCUT2D eigenvalue weighted by Crippen LogP contribution is -2.30. The monoisotopic (exact) mass is 277 g/mol. The summed E-state index contributed by atoms with van der Waals surface area (Å²) in [6.45, 7) is 11.2. The summed E-state index contributed by atoms with van der Waals surface area (Å²) in [4.78, 5) is 4.49. The molecule has 0 spiro atoms. The van der Waals surface area contributed by atoms with Crippen molar-refractivity contribution in [1.29, 1.82) is 5.26 Å². The van der Waals surface area contributed by atoms with Crippen molar-refractivity contribution in [2.45, 2.75) is 27.2 Å². The van der Waals surface area contributed by atoms with Crippen LogP contribution in [-0.2, 0) is 0 Å². The minimum atomic E-state index is -0.346. The van der Waals surface area contributed by atoms with Gasteiger partial charge in [0.25, 0.3) is 0 Å². The lowest BCUT2D eigenvalue weighted by Gasteiger charge is -2.25. The average molecular weight is 277 g/mol. The van der Waals surface area contributed by atoms with Crippen LogP contribution in [0.5, 0.6) is 0 Å². The molecule has 0 amide bonds. The van der Waals surface area contributed by atoms with Gasteiger partial charge in [0.05, 0.1) is 11.6 Å². The zero-order valence-electron chi connectivity index (χ0n) is 12.7. The number of hydrogen-bond donors (Lipinski definition) is 0. The van der Waals surface area contributed by atoms with Crippen molar-refractivity contribution in [1.82, 2.24) is 4.90 Å². The molecule has 4 heteroatoms. The van der Waals surface area contributed by atoms with E-state index in [4.69, 9.17) is 5.26 Å². The van der Waals surface area contributed by atoms with Crippen LogP contribution in [0, 0.1) is 17.1 Å². The Kier molecular flexibility index (Phi) is 7.03. The smallest absolute Gasteiger partial charge is 0.126 e. The SMILES string of the molecule is CCN(CC)CCCN(CC)c1cc(F)cc(C#N)c1. The van der Waals surface area contributed by atoms with Crippen LogP contribution in [0.3, 0.4) is 0 Å². The zero-order valence-corrected chi connectivity index (χ0v) is 12.7. The van der Waals surface area contributed by atoms with Crippen LogP contribution < -0.4 is 4.90 Å². The molecule has 0 saturated carbocycles. The van der Waals surface area contributed by atoms with Crippen molar-refractivity contribution < 1.29 is 4.39 Å². The number of benzene rings is 1. The number of anilines is 1. The molecular formula is C16H24FN3. The molecular weight excluding hydrogens is 253 g/mol. The third kappa shape index (κ3) is 4.82. The zero-order chi connectivity index (χ0) is 15.0. The summed E-state index contributed by atoms with van der Waals surface area (Å²) in [7, 11) is 0. The summed E-state index contributed by atoms with van der Waals surface area (Å²) in [6.07, 6.45) is 1.04. The maximum absolute atomic E-state index is 13.5. The Bertz CT molecular complexity index is 450. The molecule has 0 aliphatic heterocycles. The summed E-state index contributed by atoms with van der Waals surface area (Å²) >= 11 is 0. The van der Waals surface area contributed by atoms with E-state index in [0.717, 1.165) is 44.8 Å². The van der Waals surface area contributed by atoms with E-state index in [2.05, 4.69) is 23.6 Å². The summed E-state index contributed by atoms with van der Waals surface area (Å²) in [5.74, 6) is -0.346. The predicted molar refractivity (Wildman–Crippen MR) is 81.4 cm³/mol. The van der Waals surface area contributed by atoms with Crippen LogP contribution in [0.15, 0.2) is 18.2 Å². The maximum atomic E-state index is 13.5. The summed E-state index contributed by atoms with van der Waals surface area (Å²) in [5, 5.41) is 8.91. The van der Waals surface area contributed by atoms with Gasteiger partial charge < -0.3 is 9.80 Å². The van der Waals surface area contributed by atoms with Gasteiger partial charge in [0.15, 0.2) is 0 Å². The Labute approximate surface area is 121 Å². The maximum Gasteiger partial charge on any atom is 0.126 e. The molecule has 1 aromatic carbocycles. The minimum Gasteiger partial charge on any atom is -0.372 e. The summed E-state index contributed by atoms with van der Waals surface area (Å²) in [6, 6.07) is 6.53. The molecule has 110 valence electrons. The first-order valence-electron chi connectivity index (χ1n) is 7.32. The minimum absolute atomic E-state index is 0.346. The molecule has 0 fully saturated rings. The van der Waals surface area contributed by atoms with Crippen molar-refractivity contribution in [2.75, 3.05) is 37.6 Å². The molecule has 0 aliphatic rings. The lowest BCUT2D eigenvalue weighted by molar-refractivity contribution is 0.301. The van der Waals surface area contributed by atoms with Crippen molar-refractivity contribution in [3.05, 3.63) is 29.6 Å². The van der Waals surface area contributed by atoms with Gasteiger partial charge in [-0.3, -0.25) is 0 Å². The topological polar surface area (TPSA) is 30.3 Å². The summed E-state index contributed by atoms with van der Waals surface area (Å²) in [5.41, 5.74) is 1.17. The van der Waals surface area contributed by atoms with E-state index in [1.165, 1.54) is 12.1 Å². The van der Waals surface area contributed by atoms with Gasteiger partial charge >= 0.3 is 0 Å². The first-order valence-corrected chi connectivity index (χ1v) is 7.32. The van der Waals surface area contributed by atoms with Gasteiger partial charge in [0, 0.05) is 18.8 Å². The van der Waals surface area contributed by atoms with E-state index < -0.39 is 0 Å². The van der Waals surface area contributed by atoms with Crippen LogP contribution >= 0.6 is 0 Å². The van der Waals surface area contributed by atoms with Crippen LogP contribution in [-0.4, -0.2) is 37.6 Å². The average Bonchev–Trinajstić information content (AvgIpc) is 2.47. The van der Waals surface area contributed by atoms with Gasteiger partial charge in [0.1, 0.15) is 5.82 Å². The largest absolute Gasteiger partial charge is 0.372 e. The Morgan fingerprint density at radius 3 is 2.30 bits per heavy atom. The summed E-state index contributed by atoms with van der Waals surface area (Å²) < 4.78 is 13.5. The van der Waals surface area contributed by atoms with E-state index >= 15 is 0 Å². The molecule has 1 rings (SSSR count). The van der Waals surface area contributed by atoms with E-state index in [9.17, 15) is 4.39 Å². The number of nitrogens with zero attached hydrogens (tertiary/aromatic N) is 3. The molecule has 0 heterocycles. The van der Waals surface area contributed by atoms with Gasteiger partial charge in [0.2, 0.25) is 0 Å². The molecule has 1 aromatic rings. The second-order valence-corrected chi connectivity index (χ2v) is 4.77. The highest BCUT2D eigenvalue weighted by atomic mass is 19.1. The van der Waals surface area contributed by atoms with Crippen LogP contribution in [0.4, 0.5) is 10.1 Å². The lowest BCUT2D eigenvalue weighted by atomic mass is 10.2. The molecule has 0 radical (unpaired) electrons. The number of hydrogen-bond acceptors (Lipinski definition) is 3. The molecule has 0 saturated heterocycles. The first kappa shape index (κ1) is 16.5. The number of halogens is 1. The normalized spacial score (nSPS) is 10.6. The Hall–Kier alpha value is -1.60. The molecule has 0 unspecified atom stereocenters. The van der Waals surface area contributed by atoms with Crippen molar-refractivity contribution in [2.24, 2.45) is 0 Å². The number of nitriles is 1. The third-order valence-corrected chi connectivity index (χ3v) is 3.56. The molecule has 3 nitrogen and oxygen atoms in total. The van der Waals surface area contributed by atoms with Gasteiger partial charge in [-0.05, 0) is 51.2 Å².